The quantitative estimate of drug-likeness (QED) is 0.466. The van der Waals surface area contributed by atoms with Crippen molar-refractivity contribution >= 4 is 34.8 Å². The summed E-state index contributed by atoms with van der Waals surface area (Å²) in [5, 5.41) is 0.0301. The summed E-state index contributed by atoms with van der Waals surface area (Å²) in [6.45, 7) is 2.63. The molecule has 1 aromatic heterocycles. The van der Waals surface area contributed by atoms with Crippen LogP contribution in [0, 0.1) is 0 Å². The van der Waals surface area contributed by atoms with Crippen molar-refractivity contribution in [2.24, 2.45) is 0 Å². The van der Waals surface area contributed by atoms with Crippen molar-refractivity contribution in [2.75, 3.05) is 0 Å². The van der Waals surface area contributed by atoms with E-state index in [0.717, 1.165) is 0 Å². The second kappa shape index (κ2) is 4.68. The lowest BCUT2D eigenvalue weighted by Crippen LogP contribution is -2.18. The Morgan fingerprint density at radius 3 is 2.13 bits per heavy atom. The molecule has 0 amide bonds. The number of hydrogen-bond acceptors (Lipinski definition) is 4. The molecule has 4 nitrogen and oxygen atoms in total. The zero-order chi connectivity index (χ0) is 11.6. The Kier molecular flexibility index (Phi) is 3.77. The molecule has 15 heavy (non-hydrogen) atoms. The molecule has 0 atom stereocenters. The van der Waals surface area contributed by atoms with Gasteiger partial charge < -0.3 is 0 Å². The van der Waals surface area contributed by atoms with Gasteiger partial charge in [0.2, 0.25) is 5.28 Å². The van der Waals surface area contributed by atoms with E-state index in [1.54, 1.807) is 0 Å². The number of nitrogens with zero attached hydrogens (tertiary/aromatic N) is 2. The molecular weight excluding hydrogens is 239 g/mol. The van der Waals surface area contributed by atoms with Gasteiger partial charge in [0, 0.05) is 0 Å². The Morgan fingerprint density at radius 1 is 1.20 bits per heavy atom. The van der Waals surface area contributed by atoms with Crippen LogP contribution in [0.3, 0.4) is 0 Å². The average molecular weight is 247 g/mol. The third-order valence-electron chi connectivity index (χ3n) is 1.80. The predicted molar refractivity (Wildman–Crippen MR) is 56.2 cm³/mol. The van der Waals surface area contributed by atoms with E-state index < -0.39 is 5.92 Å². The molecule has 0 aliphatic heterocycles. The number of hydrogen-bond donors (Lipinski definition) is 0. The van der Waals surface area contributed by atoms with Gasteiger partial charge in [-0.1, -0.05) is 11.6 Å². The summed E-state index contributed by atoms with van der Waals surface area (Å²) in [6.07, 6.45) is 0. The third kappa shape index (κ3) is 2.97. The van der Waals surface area contributed by atoms with Crippen LogP contribution in [-0.4, -0.2) is 21.5 Å². The van der Waals surface area contributed by atoms with E-state index in [9.17, 15) is 9.59 Å². The number of aromatic nitrogens is 2. The van der Waals surface area contributed by atoms with Gasteiger partial charge in [0.1, 0.15) is 22.6 Å². The monoisotopic (exact) mass is 246 g/mol. The van der Waals surface area contributed by atoms with Crippen molar-refractivity contribution in [2.45, 2.75) is 19.8 Å². The smallest absolute Gasteiger partial charge is 0.224 e. The molecule has 0 unspecified atom stereocenters. The lowest BCUT2D eigenvalue weighted by molar-refractivity contribution is -0.126. The molecule has 1 aromatic rings. The fourth-order valence-electron chi connectivity index (χ4n) is 1.26. The van der Waals surface area contributed by atoms with Gasteiger partial charge in [-0.25, -0.2) is 9.97 Å². The summed E-state index contributed by atoms with van der Waals surface area (Å²) in [6, 6.07) is 1.36. The second-order valence-electron chi connectivity index (χ2n) is 3.04. The normalized spacial score (nSPS) is 10.5. The van der Waals surface area contributed by atoms with Gasteiger partial charge >= 0.3 is 0 Å². The van der Waals surface area contributed by atoms with Crippen molar-refractivity contribution in [3.63, 3.8) is 0 Å². The van der Waals surface area contributed by atoms with Gasteiger partial charge in [0.15, 0.2) is 0 Å². The molecule has 0 aliphatic rings. The molecule has 0 saturated heterocycles. The van der Waals surface area contributed by atoms with Crippen LogP contribution in [0.4, 0.5) is 0 Å². The second-order valence-corrected chi connectivity index (χ2v) is 3.76. The van der Waals surface area contributed by atoms with E-state index in [1.165, 1.54) is 19.9 Å². The lowest BCUT2D eigenvalue weighted by Gasteiger charge is -2.09. The van der Waals surface area contributed by atoms with E-state index >= 15 is 0 Å². The minimum atomic E-state index is -0.914. The van der Waals surface area contributed by atoms with Gasteiger partial charge in [0.25, 0.3) is 0 Å². The molecule has 6 heteroatoms. The molecule has 0 N–H and O–H groups in total. The van der Waals surface area contributed by atoms with Gasteiger partial charge in [-0.2, -0.15) is 0 Å². The summed E-state index contributed by atoms with van der Waals surface area (Å²) < 4.78 is 0. The number of carbonyl (C=O) groups is 2. The molecular formula is C9H8Cl2N2O2. The number of Topliss-reactive ketones (excluding diaryl/α,β-unsaturated/α-hetero) is 2. The van der Waals surface area contributed by atoms with Crippen LogP contribution in [0.5, 0.6) is 0 Å². The van der Waals surface area contributed by atoms with E-state index in [-0.39, 0.29) is 27.7 Å². The number of halogens is 2. The SMILES string of the molecule is CC(=O)C(C(C)=O)c1cc(Cl)nc(Cl)n1. The molecule has 0 fully saturated rings. The maximum Gasteiger partial charge on any atom is 0.224 e. The van der Waals surface area contributed by atoms with Gasteiger partial charge in [-0.05, 0) is 31.5 Å². The van der Waals surface area contributed by atoms with Gasteiger partial charge in [-0.15, -0.1) is 0 Å². The van der Waals surface area contributed by atoms with Crippen LogP contribution in [0.15, 0.2) is 6.07 Å². The minimum absolute atomic E-state index is 0.0787. The highest BCUT2D eigenvalue weighted by atomic mass is 35.5. The Bertz CT molecular complexity index is 386. The van der Waals surface area contributed by atoms with Crippen molar-refractivity contribution in [3.8, 4) is 0 Å². The van der Waals surface area contributed by atoms with E-state index in [0.29, 0.717) is 0 Å². The van der Waals surface area contributed by atoms with Crippen LogP contribution < -0.4 is 0 Å². The molecule has 80 valence electrons. The third-order valence-corrected chi connectivity index (χ3v) is 2.16. The lowest BCUT2D eigenvalue weighted by atomic mass is 9.97. The number of rotatable bonds is 3. The Labute approximate surface area is 96.6 Å². The maximum atomic E-state index is 11.2. The van der Waals surface area contributed by atoms with Crippen molar-refractivity contribution in [1.29, 1.82) is 0 Å². The standard InChI is InChI=1S/C9H8Cl2N2O2/c1-4(14)8(5(2)15)6-3-7(10)13-9(11)12-6/h3,8H,1-2H3. The van der Waals surface area contributed by atoms with E-state index in [2.05, 4.69) is 9.97 Å². The van der Waals surface area contributed by atoms with E-state index in [1.807, 2.05) is 0 Å². The first-order chi connectivity index (χ1) is 6.91. The van der Waals surface area contributed by atoms with Crippen LogP contribution in [0.25, 0.3) is 0 Å². The van der Waals surface area contributed by atoms with Gasteiger partial charge in [0.05, 0.1) is 5.69 Å². The molecule has 0 aromatic carbocycles. The van der Waals surface area contributed by atoms with Gasteiger partial charge in [-0.3, -0.25) is 9.59 Å². The largest absolute Gasteiger partial charge is 0.299 e. The summed E-state index contributed by atoms with van der Waals surface area (Å²) in [4.78, 5) is 29.9. The Balaban J connectivity index is 3.22. The molecule has 0 radical (unpaired) electrons. The molecule has 0 spiro atoms. The molecule has 0 saturated carbocycles. The summed E-state index contributed by atoms with van der Waals surface area (Å²) in [7, 11) is 0. The summed E-state index contributed by atoms with van der Waals surface area (Å²) in [5.74, 6) is -1.51. The molecule has 1 heterocycles. The Morgan fingerprint density at radius 2 is 1.73 bits per heavy atom. The minimum Gasteiger partial charge on any atom is -0.299 e. The highest BCUT2D eigenvalue weighted by Crippen LogP contribution is 2.20. The van der Waals surface area contributed by atoms with Crippen molar-refractivity contribution in [3.05, 3.63) is 22.2 Å². The van der Waals surface area contributed by atoms with Crippen molar-refractivity contribution in [1.82, 2.24) is 9.97 Å². The highest BCUT2D eigenvalue weighted by molar-refractivity contribution is 6.31. The van der Waals surface area contributed by atoms with Crippen LogP contribution in [0.1, 0.15) is 25.5 Å². The topological polar surface area (TPSA) is 59.9 Å². The fourth-order valence-corrected chi connectivity index (χ4v) is 1.68. The first-order valence-electron chi connectivity index (χ1n) is 4.12. The van der Waals surface area contributed by atoms with E-state index in [4.69, 9.17) is 23.2 Å². The number of ketones is 2. The Hall–Kier alpha value is -1.000. The van der Waals surface area contributed by atoms with Crippen molar-refractivity contribution < 1.29 is 9.59 Å². The molecule has 1 rings (SSSR count). The average Bonchev–Trinajstić information content (AvgIpc) is 1.99. The molecule has 0 aliphatic carbocycles. The fraction of sp³-hybridized carbons (Fsp3) is 0.333. The maximum absolute atomic E-state index is 11.2. The van der Waals surface area contributed by atoms with Crippen LogP contribution in [0.2, 0.25) is 10.4 Å². The summed E-state index contributed by atoms with van der Waals surface area (Å²) >= 11 is 11.2. The summed E-state index contributed by atoms with van der Waals surface area (Å²) in [5.41, 5.74) is 0.236. The predicted octanol–water partition coefficient (Wildman–Crippen LogP) is 2.04. The first-order valence-corrected chi connectivity index (χ1v) is 4.88. The zero-order valence-electron chi connectivity index (χ0n) is 8.12. The van der Waals surface area contributed by atoms with Crippen LogP contribution >= 0.6 is 23.2 Å². The molecule has 0 bridgehead atoms. The first kappa shape index (κ1) is 12.1. The number of carbonyl (C=O) groups excluding carboxylic acids is 2. The zero-order valence-corrected chi connectivity index (χ0v) is 9.63. The van der Waals surface area contributed by atoms with Crippen LogP contribution in [-0.2, 0) is 9.59 Å². The highest BCUT2D eigenvalue weighted by Gasteiger charge is 2.24.